The zero-order valence-electron chi connectivity index (χ0n) is 19.0. The van der Waals surface area contributed by atoms with Gasteiger partial charge in [-0.15, -0.1) is 11.3 Å². The number of nitrogens with one attached hydrogen (secondary N) is 2. The monoisotopic (exact) mass is 488 g/mol. The Kier molecular flexibility index (Phi) is 6.69. The number of anilines is 1. The number of aromatic nitrogens is 2. The average molecular weight is 489 g/mol. The maximum absolute atomic E-state index is 13.1. The van der Waals surface area contributed by atoms with E-state index in [2.05, 4.69) is 15.3 Å². The highest BCUT2D eigenvalue weighted by Gasteiger charge is 2.27. The third kappa shape index (κ3) is 4.87. The van der Waals surface area contributed by atoms with Crippen molar-refractivity contribution in [1.82, 2.24) is 14.3 Å². The van der Waals surface area contributed by atoms with Crippen LogP contribution in [0.1, 0.15) is 47.5 Å². The average Bonchev–Trinajstić information content (AvgIpc) is 3.08. The molecular formula is C23H28N4O4S2. The molecule has 0 atom stereocenters. The van der Waals surface area contributed by atoms with Crippen LogP contribution >= 0.6 is 11.3 Å². The molecule has 1 aliphatic rings. The number of aromatic amines is 1. The maximum atomic E-state index is 13.1. The number of piperidine rings is 1. The van der Waals surface area contributed by atoms with Crippen molar-refractivity contribution in [2.24, 2.45) is 0 Å². The highest BCUT2D eigenvalue weighted by atomic mass is 32.2. The van der Waals surface area contributed by atoms with E-state index in [-0.39, 0.29) is 29.2 Å². The molecule has 0 aliphatic carbocycles. The normalized spacial score (nSPS) is 15.1. The Morgan fingerprint density at radius 3 is 2.64 bits per heavy atom. The predicted octanol–water partition coefficient (Wildman–Crippen LogP) is 3.66. The van der Waals surface area contributed by atoms with Crippen LogP contribution in [-0.2, 0) is 21.2 Å². The zero-order valence-corrected chi connectivity index (χ0v) is 20.7. The predicted molar refractivity (Wildman–Crippen MR) is 130 cm³/mol. The van der Waals surface area contributed by atoms with E-state index < -0.39 is 10.0 Å². The van der Waals surface area contributed by atoms with Gasteiger partial charge in [-0.2, -0.15) is 4.31 Å². The van der Waals surface area contributed by atoms with Gasteiger partial charge in [-0.25, -0.2) is 13.4 Å². The number of hydrogen-bond donors (Lipinski definition) is 2. The second-order valence-electron chi connectivity index (χ2n) is 8.47. The molecule has 1 fully saturated rings. The first-order chi connectivity index (χ1) is 15.7. The van der Waals surface area contributed by atoms with Crippen LogP contribution < -0.4 is 10.9 Å². The quantitative estimate of drug-likeness (QED) is 0.550. The Labute approximate surface area is 197 Å². The Bertz CT molecular complexity index is 1370. The first kappa shape index (κ1) is 23.6. The van der Waals surface area contributed by atoms with Crippen molar-refractivity contribution in [2.45, 2.75) is 57.8 Å². The molecule has 176 valence electrons. The zero-order chi connectivity index (χ0) is 23.8. The lowest BCUT2D eigenvalue weighted by Crippen LogP contribution is -2.36. The fraction of sp³-hybridized carbons (Fsp3) is 0.435. The summed E-state index contributed by atoms with van der Waals surface area (Å²) in [5, 5.41) is 3.39. The number of aryl methyl sites for hydroxylation is 4. The third-order valence-corrected chi connectivity index (χ3v) is 9.22. The van der Waals surface area contributed by atoms with Crippen molar-refractivity contribution < 1.29 is 13.2 Å². The largest absolute Gasteiger partial charge is 0.326 e. The Morgan fingerprint density at radius 2 is 1.91 bits per heavy atom. The summed E-state index contributed by atoms with van der Waals surface area (Å²) in [4.78, 5) is 34.2. The van der Waals surface area contributed by atoms with Gasteiger partial charge in [0.25, 0.3) is 5.56 Å². The highest BCUT2D eigenvalue weighted by molar-refractivity contribution is 7.89. The molecule has 10 heteroatoms. The Hall–Kier alpha value is -2.56. The molecule has 8 nitrogen and oxygen atoms in total. The van der Waals surface area contributed by atoms with Gasteiger partial charge in [-0.1, -0.05) is 12.5 Å². The molecule has 1 amide bonds. The van der Waals surface area contributed by atoms with Crippen molar-refractivity contribution in [3.63, 3.8) is 0 Å². The van der Waals surface area contributed by atoms with Crippen molar-refractivity contribution in [1.29, 1.82) is 0 Å². The molecule has 0 saturated carbocycles. The minimum absolute atomic E-state index is 0.111. The van der Waals surface area contributed by atoms with Crippen LogP contribution in [0.25, 0.3) is 10.2 Å². The fourth-order valence-electron chi connectivity index (χ4n) is 4.07. The second kappa shape index (κ2) is 9.36. The fourth-order valence-corrected chi connectivity index (χ4v) is 6.89. The summed E-state index contributed by atoms with van der Waals surface area (Å²) in [5.74, 6) is 0.183. The van der Waals surface area contributed by atoms with Gasteiger partial charge < -0.3 is 10.3 Å². The Balaban J connectivity index is 1.46. The number of thiophene rings is 1. The van der Waals surface area contributed by atoms with Crippen LogP contribution in [0.3, 0.4) is 0 Å². The van der Waals surface area contributed by atoms with Crippen LogP contribution in [0.4, 0.5) is 5.69 Å². The van der Waals surface area contributed by atoms with Gasteiger partial charge in [0.2, 0.25) is 15.9 Å². The first-order valence-electron chi connectivity index (χ1n) is 11.1. The number of hydrogen-bond acceptors (Lipinski definition) is 6. The van der Waals surface area contributed by atoms with E-state index in [1.165, 1.54) is 21.7 Å². The number of fused-ring (bicyclic) bond motifs is 1. The summed E-state index contributed by atoms with van der Waals surface area (Å²) in [5.41, 5.74) is 1.82. The minimum atomic E-state index is -3.60. The molecule has 0 spiro atoms. The van der Waals surface area contributed by atoms with Gasteiger partial charge >= 0.3 is 0 Å². The number of amides is 1. The molecule has 2 N–H and O–H groups in total. The molecule has 3 heterocycles. The number of carbonyl (C=O) groups excluding carboxylic acids is 1. The maximum Gasteiger partial charge on any atom is 0.259 e. The molecule has 1 aromatic carbocycles. The van der Waals surface area contributed by atoms with Crippen molar-refractivity contribution in [3.8, 4) is 0 Å². The van der Waals surface area contributed by atoms with E-state index >= 15 is 0 Å². The molecule has 3 aromatic rings. The topological polar surface area (TPSA) is 112 Å². The summed E-state index contributed by atoms with van der Waals surface area (Å²) < 4.78 is 27.7. The van der Waals surface area contributed by atoms with Gasteiger partial charge in [0.15, 0.2) is 0 Å². The van der Waals surface area contributed by atoms with Gasteiger partial charge in [0.05, 0.1) is 10.3 Å². The van der Waals surface area contributed by atoms with E-state index in [1.807, 2.05) is 13.8 Å². The van der Waals surface area contributed by atoms with Crippen molar-refractivity contribution >= 4 is 43.2 Å². The number of benzene rings is 1. The molecule has 1 saturated heterocycles. The number of H-pyrrole nitrogens is 1. The lowest BCUT2D eigenvalue weighted by atomic mass is 10.2. The van der Waals surface area contributed by atoms with Gasteiger partial charge in [0, 0.05) is 36.5 Å². The van der Waals surface area contributed by atoms with Crippen LogP contribution in [0, 0.1) is 20.8 Å². The summed E-state index contributed by atoms with van der Waals surface area (Å²) in [6, 6.07) is 4.94. The smallest absolute Gasteiger partial charge is 0.259 e. The first-order valence-corrected chi connectivity index (χ1v) is 13.3. The number of sulfonamides is 1. The van der Waals surface area contributed by atoms with Crippen molar-refractivity contribution in [3.05, 3.63) is 50.4 Å². The SMILES string of the molecule is Cc1ccc(NC(=O)CCc2nc3sc(C)c(C)c3c(=O)[nH]2)cc1S(=O)(=O)N1CCCCC1. The van der Waals surface area contributed by atoms with E-state index in [4.69, 9.17) is 0 Å². The van der Waals surface area contributed by atoms with Gasteiger partial charge in [0.1, 0.15) is 10.7 Å². The van der Waals surface area contributed by atoms with Gasteiger partial charge in [-0.05, 0) is 56.9 Å². The standard InChI is InChI=1S/C23H28N4O4S2/c1-14-7-8-17(13-18(14)33(30,31)27-11-5-4-6-12-27)24-20(28)10-9-19-25-22(29)21-15(2)16(3)32-23(21)26-19/h7-8,13H,4-6,9-12H2,1-3H3,(H,24,28)(H,25,26,29). The van der Waals surface area contributed by atoms with E-state index in [0.717, 1.165) is 29.7 Å². The molecule has 2 aromatic heterocycles. The number of rotatable bonds is 6. The van der Waals surface area contributed by atoms with Crippen LogP contribution in [0.15, 0.2) is 27.9 Å². The number of nitrogens with zero attached hydrogens (tertiary/aromatic N) is 2. The van der Waals surface area contributed by atoms with Crippen LogP contribution in [0.5, 0.6) is 0 Å². The lowest BCUT2D eigenvalue weighted by molar-refractivity contribution is -0.116. The van der Waals surface area contributed by atoms with E-state index in [1.54, 1.807) is 19.1 Å². The third-order valence-electron chi connectivity index (χ3n) is 6.08. The molecule has 0 bridgehead atoms. The second-order valence-corrected chi connectivity index (χ2v) is 11.6. The Morgan fingerprint density at radius 1 is 1.18 bits per heavy atom. The molecule has 33 heavy (non-hydrogen) atoms. The molecule has 0 radical (unpaired) electrons. The highest BCUT2D eigenvalue weighted by Crippen LogP contribution is 2.27. The van der Waals surface area contributed by atoms with E-state index in [9.17, 15) is 18.0 Å². The summed E-state index contributed by atoms with van der Waals surface area (Å²) in [6.07, 6.45) is 3.15. The lowest BCUT2D eigenvalue weighted by Gasteiger charge is -2.26. The molecular weight excluding hydrogens is 460 g/mol. The van der Waals surface area contributed by atoms with Crippen molar-refractivity contribution in [2.75, 3.05) is 18.4 Å². The van der Waals surface area contributed by atoms with Crippen LogP contribution in [0.2, 0.25) is 0 Å². The molecule has 0 unspecified atom stereocenters. The summed E-state index contributed by atoms with van der Waals surface area (Å²) in [6.45, 7) is 6.66. The van der Waals surface area contributed by atoms with Gasteiger partial charge in [-0.3, -0.25) is 9.59 Å². The summed E-state index contributed by atoms with van der Waals surface area (Å²) >= 11 is 1.47. The summed E-state index contributed by atoms with van der Waals surface area (Å²) in [7, 11) is -3.60. The molecule has 4 rings (SSSR count). The van der Waals surface area contributed by atoms with E-state index in [0.29, 0.717) is 40.4 Å². The molecule has 1 aliphatic heterocycles. The number of carbonyl (C=O) groups is 1. The minimum Gasteiger partial charge on any atom is -0.326 e. The van der Waals surface area contributed by atoms with Crippen LogP contribution in [-0.4, -0.2) is 41.7 Å².